The molecule has 1 heterocycles. The molecule has 3 N–H and O–H groups in total. The zero-order chi connectivity index (χ0) is 23.7. The number of benzene rings is 2. The van der Waals surface area contributed by atoms with Gasteiger partial charge in [-0.05, 0) is 48.0 Å². The monoisotopic (exact) mass is 483 g/mol. The molecule has 170 valence electrons. The molecular weight excluding hydrogens is 465 g/mol. The van der Waals surface area contributed by atoms with Gasteiger partial charge in [0.05, 0.1) is 4.90 Å². The molecule has 0 bridgehead atoms. The van der Waals surface area contributed by atoms with Crippen LogP contribution in [0.4, 0.5) is 10.1 Å². The molecule has 3 rings (SSSR count). The van der Waals surface area contributed by atoms with Crippen LogP contribution in [0.2, 0.25) is 5.02 Å². The van der Waals surface area contributed by atoms with Crippen LogP contribution in [0.1, 0.15) is 18.9 Å². The minimum Gasteiger partial charge on any atom is -0.372 e. The molecule has 0 aliphatic carbocycles. The van der Waals surface area contributed by atoms with Crippen molar-refractivity contribution in [3.8, 4) is 0 Å². The third-order valence-corrected chi connectivity index (χ3v) is 6.45. The second kappa shape index (κ2) is 8.85. The van der Waals surface area contributed by atoms with Crippen molar-refractivity contribution in [2.75, 3.05) is 11.4 Å². The van der Waals surface area contributed by atoms with Gasteiger partial charge in [0.15, 0.2) is 0 Å². The van der Waals surface area contributed by atoms with E-state index >= 15 is 0 Å². The summed E-state index contributed by atoms with van der Waals surface area (Å²) in [4.78, 5) is 37.3. The lowest BCUT2D eigenvalue weighted by molar-refractivity contribution is -0.149. The van der Waals surface area contributed by atoms with Crippen LogP contribution in [0.25, 0.3) is 0 Å². The number of anilines is 1. The number of carbonyl (C=O) groups excluding carboxylic acids is 3. The first-order valence-electron chi connectivity index (χ1n) is 9.33. The summed E-state index contributed by atoms with van der Waals surface area (Å²) >= 11 is 5.77. The van der Waals surface area contributed by atoms with Crippen LogP contribution in [0.15, 0.2) is 47.4 Å². The summed E-state index contributed by atoms with van der Waals surface area (Å²) in [6.07, 6.45) is -0.201. The third kappa shape index (κ3) is 4.90. The molecule has 0 saturated carbocycles. The SMILES string of the molecule is CC(=O)NS(=O)(=O)c1ccc(N2CCC(O)(C(=O)NCc3cc(F)cc(Cl)c3)C2=O)cc1. The topological polar surface area (TPSA) is 133 Å². The summed E-state index contributed by atoms with van der Waals surface area (Å²) < 4.78 is 39.3. The van der Waals surface area contributed by atoms with Crippen molar-refractivity contribution in [2.24, 2.45) is 0 Å². The number of nitrogens with zero attached hydrogens (tertiary/aromatic N) is 1. The zero-order valence-electron chi connectivity index (χ0n) is 16.8. The predicted molar refractivity (Wildman–Crippen MR) is 113 cm³/mol. The van der Waals surface area contributed by atoms with Crippen molar-refractivity contribution < 1.29 is 32.3 Å². The first-order chi connectivity index (χ1) is 14.9. The molecule has 0 radical (unpaired) electrons. The van der Waals surface area contributed by atoms with Gasteiger partial charge in [0.1, 0.15) is 5.82 Å². The zero-order valence-corrected chi connectivity index (χ0v) is 18.3. The number of nitrogens with one attached hydrogen (secondary N) is 2. The molecule has 2 aromatic rings. The van der Waals surface area contributed by atoms with Gasteiger partial charge >= 0.3 is 0 Å². The minimum atomic E-state index is -4.04. The number of hydrogen-bond donors (Lipinski definition) is 3. The van der Waals surface area contributed by atoms with Crippen molar-refractivity contribution in [1.29, 1.82) is 0 Å². The number of amides is 3. The third-order valence-electron chi connectivity index (χ3n) is 4.78. The average molecular weight is 484 g/mol. The number of rotatable bonds is 6. The molecular formula is C20H19ClFN3O6S. The molecule has 9 nitrogen and oxygen atoms in total. The first-order valence-corrected chi connectivity index (χ1v) is 11.2. The van der Waals surface area contributed by atoms with Crippen LogP contribution in [-0.4, -0.2) is 43.4 Å². The van der Waals surface area contributed by atoms with E-state index in [1.165, 1.54) is 30.3 Å². The highest BCUT2D eigenvalue weighted by atomic mass is 35.5. The lowest BCUT2D eigenvalue weighted by Crippen LogP contribution is -2.52. The summed E-state index contributed by atoms with van der Waals surface area (Å²) in [6.45, 7) is 0.914. The summed E-state index contributed by atoms with van der Waals surface area (Å²) in [6, 6.07) is 8.74. The molecule has 1 fully saturated rings. The van der Waals surface area contributed by atoms with Gasteiger partial charge < -0.3 is 15.3 Å². The Morgan fingerprint density at radius 2 is 1.88 bits per heavy atom. The Bertz CT molecular complexity index is 1170. The first kappa shape index (κ1) is 23.6. The molecule has 1 unspecified atom stereocenters. The van der Waals surface area contributed by atoms with Gasteiger partial charge in [0.25, 0.3) is 21.8 Å². The second-order valence-corrected chi connectivity index (χ2v) is 9.30. The van der Waals surface area contributed by atoms with Crippen LogP contribution >= 0.6 is 11.6 Å². The molecule has 2 aromatic carbocycles. The van der Waals surface area contributed by atoms with Gasteiger partial charge in [-0.2, -0.15) is 0 Å². The molecule has 0 spiro atoms. The number of hydrogen-bond acceptors (Lipinski definition) is 6. The quantitative estimate of drug-likeness (QED) is 0.527. The summed E-state index contributed by atoms with van der Waals surface area (Å²) in [5.41, 5.74) is -1.72. The van der Waals surface area contributed by atoms with Crippen LogP contribution in [0, 0.1) is 5.82 Å². The van der Waals surface area contributed by atoms with E-state index in [0.29, 0.717) is 5.56 Å². The summed E-state index contributed by atoms with van der Waals surface area (Å²) in [5.74, 6) is -3.17. The van der Waals surface area contributed by atoms with Crippen molar-refractivity contribution in [3.63, 3.8) is 0 Å². The predicted octanol–water partition coefficient (Wildman–Crippen LogP) is 1.09. The summed E-state index contributed by atoms with van der Waals surface area (Å²) in [5, 5.41) is 13.2. The highest BCUT2D eigenvalue weighted by Crippen LogP contribution is 2.29. The highest BCUT2D eigenvalue weighted by Gasteiger charge is 2.51. The largest absolute Gasteiger partial charge is 0.372 e. The van der Waals surface area contributed by atoms with Crippen molar-refractivity contribution in [1.82, 2.24) is 10.0 Å². The standard InChI is InChI=1S/C20H19ClFN3O6S/c1-12(26)24-32(30,31)17-4-2-16(3-5-17)25-7-6-20(29,19(25)28)18(27)23-11-13-8-14(21)10-15(22)9-13/h2-5,8-10,29H,6-7,11H2,1H3,(H,23,27)(H,24,26). The van der Waals surface area contributed by atoms with E-state index in [1.807, 2.05) is 4.72 Å². The fraction of sp³-hybridized carbons (Fsp3) is 0.250. The fourth-order valence-electron chi connectivity index (χ4n) is 3.26. The van der Waals surface area contributed by atoms with E-state index in [4.69, 9.17) is 11.6 Å². The Labute approximate surface area is 188 Å². The second-order valence-electron chi connectivity index (χ2n) is 7.18. The molecule has 1 aliphatic heterocycles. The number of aliphatic hydroxyl groups is 1. The minimum absolute atomic E-state index is 0.00629. The van der Waals surface area contributed by atoms with E-state index in [0.717, 1.165) is 24.0 Å². The van der Waals surface area contributed by atoms with E-state index in [-0.39, 0.29) is 35.1 Å². The van der Waals surface area contributed by atoms with E-state index in [9.17, 15) is 32.3 Å². The molecule has 32 heavy (non-hydrogen) atoms. The molecule has 3 amide bonds. The Kier molecular flexibility index (Phi) is 6.54. The van der Waals surface area contributed by atoms with Crippen LogP contribution in [0.5, 0.6) is 0 Å². The van der Waals surface area contributed by atoms with Crippen molar-refractivity contribution >= 4 is 45.0 Å². The van der Waals surface area contributed by atoms with E-state index in [1.54, 1.807) is 0 Å². The number of halogens is 2. The van der Waals surface area contributed by atoms with Crippen molar-refractivity contribution in [2.45, 2.75) is 30.4 Å². The number of carbonyl (C=O) groups is 3. The van der Waals surface area contributed by atoms with Gasteiger partial charge in [0.2, 0.25) is 11.5 Å². The van der Waals surface area contributed by atoms with Gasteiger partial charge in [0, 0.05) is 37.1 Å². The highest BCUT2D eigenvalue weighted by molar-refractivity contribution is 7.90. The smallest absolute Gasteiger partial charge is 0.268 e. The van der Waals surface area contributed by atoms with Crippen LogP contribution in [0.3, 0.4) is 0 Å². The Hall–Kier alpha value is -3.02. The Morgan fingerprint density at radius 1 is 1.22 bits per heavy atom. The van der Waals surface area contributed by atoms with Crippen molar-refractivity contribution in [3.05, 3.63) is 58.9 Å². The van der Waals surface area contributed by atoms with Crippen LogP contribution < -0.4 is 14.9 Å². The Morgan fingerprint density at radius 3 is 2.47 bits per heavy atom. The molecule has 1 saturated heterocycles. The van der Waals surface area contributed by atoms with Gasteiger partial charge in [-0.1, -0.05) is 11.6 Å². The normalized spacial score (nSPS) is 18.5. The summed E-state index contributed by atoms with van der Waals surface area (Å²) in [7, 11) is -4.04. The van der Waals surface area contributed by atoms with Crippen LogP contribution in [-0.2, 0) is 31.0 Å². The number of sulfonamides is 1. The van der Waals surface area contributed by atoms with Gasteiger partial charge in [-0.15, -0.1) is 0 Å². The van der Waals surface area contributed by atoms with Gasteiger partial charge in [-0.25, -0.2) is 17.5 Å². The van der Waals surface area contributed by atoms with Gasteiger partial charge in [-0.3, -0.25) is 14.4 Å². The molecule has 1 atom stereocenters. The lowest BCUT2D eigenvalue weighted by Gasteiger charge is -2.22. The maximum absolute atomic E-state index is 13.4. The fourth-order valence-corrected chi connectivity index (χ4v) is 4.49. The Balaban J connectivity index is 1.71. The van der Waals surface area contributed by atoms with E-state index in [2.05, 4.69) is 5.32 Å². The lowest BCUT2D eigenvalue weighted by atomic mass is 10.0. The van der Waals surface area contributed by atoms with E-state index < -0.39 is 39.2 Å². The maximum atomic E-state index is 13.4. The molecule has 0 aromatic heterocycles. The molecule has 1 aliphatic rings. The molecule has 12 heteroatoms. The maximum Gasteiger partial charge on any atom is 0.268 e. The average Bonchev–Trinajstić information content (AvgIpc) is 3.00.